The van der Waals surface area contributed by atoms with E-state index in [1.165, 1.54) is 12.8 Å². The highest BCUT2D eigenvalue weighted by Crippen LogP contribution is 2.18. The number of amides is 3. The van der Waals surface area contributed by atoms with Crippen LogP contribution in [0.3, 0.4) is 0 Å². The zero-order valence-electron chi connectivity index (χ0n) is 14.9. The second-order valence-electron chi connectivity index (χ2n) is 7.26. The molecule has 136 valence electrons. The Morgan fingerprint density at radius 1 is 1.00 bits per heavy atom. The standard InChI is InChI=1S/C19H28N4O2/c1-14-12-23(13-17(14)20)19(25)21-16-8-6-15(7-9-16)18(24)22-10-4-2-3-5-11-22/h6-9,14,17H,2-5,10-13,20H2,1H3,(H,21,25). The zero-order valence-corrected chi connectivity index (χ0v) is 14.9. The summed E-state index contributed by atoms with van der Waals surface area (Å²) in [5, 5.41) is 2.89. The molecular weight excluding hydrogens is 316 g/mol. The van der Waals surface area contributed by atoms with Gasteiger partial charge in [-0.3, -0.25) is 4.79 Å². The summed E-state index contributed by atoms with van der Waals surface area (Å²) >= 11 is 0. The summed E-state index contributed by atoms with van der Waals surface area (Å²) in [4.78, 5) is 28.6. The van der Waals surface area contributed by atoms with Crippen LogP contribution in [0.15, 0.2) is 24.3 Å². The van der Waals surface area contributed by atoms with Gasteiger partial charge in [-0.15, -0.1) is 0 Å². The number of carbonyl (C=O) groups excluding carboxylic acids is 2. The molecule has 0 bridgehead atoms. The zero-order chi connectivity index (χ0) is 17.8. The van der Waals surface area contributed by atoms with Gasteiger partial charge in [0.05, 0.1) is 0 Å². The molecule has 2 aliphatic rings. The number of hydrogen-bond acceptors (Lipinski definition) is 3. The smallest absolute Gasteiger partial charge is 0.321 e. The molecule has 0 spiro atoms. The highest BCUT2D eigenvalue weighted by Gasteiger charge is 2.29. The maximum Gasteiger partial charge on any atom is 0.321 e. The van der Waals surface area contributed by atoms with Crippen LogP contribution >= 0.6 is 0 Å². The molecule has 3 amide bonds. The molecular formula is C19H28N4O2. The number of nitrogens with one attached hydrogen (secondary N) is 1. The van der Waals surface area contributed by atoms with Crippen molar-refractivity contribution in [3.05, 3.63) is 29.8 Å². The van der Waals surface area contributed by atoms with E-state index in [4.69, 9.17) is 5.73 Å². The number of anilines is 1. The lowest BCUT2D eigenvalue weighted by Gasteiger charge is -2.20. The number of nitrogens with zero attached hydrogens (tertiary/aromatic N) is 2. The minimum atomic E-state index is -0.133. The second kappa shape index (κ2) is 7.87. The van der Waals surface area contributed by atoms with Gasteiger partial charge in [0.15, 0.2) is 0 Å². The minimum Gasteiger partial charge on any atom is -0.339 e. The minimum absolute atomic E-state index is 0.0411. The van der Waals surface area contributed by atoms with Crippen LogP contribution < -0.4 is 11.1 Å². The van der Waals surface area contributed by atoms with Gasteiger partial charge in [0.25, 0.3) is 5.91 Å². The van der Waals surface area contributed by atoms with Crippen molar-refractivity contribution in [2.24, 2.45) is 11.7 Å². The lowest BCUT2D eigenvalue weighted by molar-refractivity contribution is 0.0761. The lowest BCUT2D eigenvalue weighted by atomic mass is 10.1. The molecule has 2 saturated heterocycles. The largest absolute Gasteiger partial charge is 0.339 e. The molecule has 0 saturated carbocycles. The van der Waals surface area contributed by atoms with E-state index in [2.05, 4.69) is 12.2 Å². The quantitative estimate of drug-likeness (QED) is 0.865. The van der Waals surface area contributed by atoms with Crippen LogP contribution in [0.2, 0.25) is 0 Å². The molecule has 6 heteroatoms. The molecule has 2 fully saturated rings. The predicted octanol–water partition coefficient (Wildman–Crippen LogP) is 2.51. The van der Waals surface area contributed by atoms with E-state index in [0.717, 1.165) is 25.9 Å². The van der Waals surface area contributed by atoms with Crippen molar-refractivity contribution in [2.45, 2.75) is 38.6 Å². The lowest BCUT2D eigenvalue weighted by Crippen LogP contribution is -2.35. The predicted molar refractivity (Wildman–Crippen MR) is 98.5 cm³/mol. The Labute approximate surface area is 149 Å². The summed E-state index contributed by atoms with van der Waals surface area (Å²) in [5.41, 5.74) is 7.35. The molecule has 2 heterocycles. The van der Waals surface area contributed by atoms with Crippen molar-refractivity contribution in [1.29, 1.82) is 0 Å². The molecule has 1 aromatic carbocycles. The number of rotatable bonds is 2. The monoisotopic (exact) mass is 344 g/mol. The Balaban J connectivity index is 1.58. The summed E-state index contributed by atoms with van der Waals surface area (Å²) in [6, 6.07) is 7.08. The van der Waals surface area contributed by atoms with Crippen molar-refractivity contribution >= 4 is 17.6 Å². The van der Waals surface area contributed by atoms with Crippen molar-refractivity contribution in [3.63, 3.8) is 0 Å². The van der Waals surface area contributed by atoms with Crippen molar-refractivity contribution in [2.75, 3.05) is 31.5 Å². The second-order valence-corrected chi connectivity index (χ2v) is 7.26. The molecule has 2 atom stereocenters. The average Bonchev–Trinajstić information content (AvgIpc) is 2.81. The summed E-state index contributed by atoms with van der Waals surface area (Å²) in [6.07, 6.45) is 4.56. The maximum atomic E-state index is 12.6. The highest BCUT2D eigenvalue weighted by molar-refractivity contribution is 5.95. The summed E-state index contributed by atoms with van der Waals surface area (Å²) in [5.74, 6) is 0.401. The van der Waals surface area contributed by atoms with Crippen LogP contribution in [-0.2, 0) is 0 Å². The molecule has 3 rings (SSSR count). The van der Waals surface area contributed by atoms with Crippen LogP contribution in [0.25, 0.3) is 0 Å². The topological polar surface area (TPSA) is 78.7 Å². The average molecular weight is 344 g/mol. The van der Waals surface area contributed by atoms with E-state index in [0.29, 0.717) is 30.3 Å². The summed E-state index contributed by atoms with van der Waals surface area (Å²) in [7, 11) is 0. The number of hydrogen-bond donors (Lipinski definition) is 2. The van der Waals surface area contributed by atoms with Gasteiger partial charge < -0.3 is 20.9 Å². The van der Waals surface area contributed by atoms with Crippen LogP contribution in [0.4, 0.5) is 10.5 Å². The molecule has 2 aliphatic heterocycles. The molecule has 2 unspecified atom stereocenters. The first kappa shape index (κ1) is 17.7. The Morgan fingerprint density at radius 2 is 1.64 bits per heavy atom. The number of nitrogens with two attached hydrogens (primary N) is 1. The fraction of sp³-hybridized carbons (Fsp3) is 0.579. The number of benzene rings is 1. The van der Waals surface area contributed by atoms with E-state index in [1.807, 2.05) is 4.90 Å². The number of urea groups is 1. The van der Waals surface area contributed by atoms with E-state index in [1.54, 1.807) is 29.2 Å². The van der Waals surface area contributed by atoms with Crippen LogP contribution in [0.5, 0.6) is 0 Å². The van der Waals surface area contributed by atoms with E-state index in [-0.39, 0.29) is 18.0 Å². The van der Waals surface area contributed by atoms with E-state index < -0.39 is 0 Å². The van der Waals surface area contributed by atoms with Gasteiger partial charge in [0.1, 0.15) is 0 Å². The highest BCUT2D eigenvalue weighted by atomic mass is 16.2. The third kappa shape index (κ3) is 4.31. The fourth-order valence-corrected chi connectivity index (χ4v) is 3.51. The molecule has 3 N–H and O–H groups in total. The summed E-state index contributed by atoms with van der Waals surface area (Å²) < 4.78 is 0. The molecule has 25 heavy (non-hydrogen) atoms. The molecule has 0 aliphatic carbocycles. The van der Waals surface area contributed by atoms with Gasteiger partial charge in [0, 0.05) is 43.5 Å². The van der Waals surface area contributed by atoms with E-state index >= 15 is 0 Å². The normalized spacial score (nSPS) is 24.1. The van der Waals surface area contributed by atoms with Gasteiger partial charge in [-0.1, -0.05) is 19.8 Å². The molecule has 0 radical (unpaired) electrons. The van der Waals surface area contributed by atoms with Crippen LogP contribution in [-0.4, -0.2) is 54.0 Å². The van der Waals surface area contributed by atoms with Crippen molar-refractivity contribution < 1.29 is 9.59 Å². The van der Waals surface area contributed by atoms with Gasteiger partial charge in [-0.05, 0) is 43.0 Å². The van der Waals surface area contributed by atoms with E-state index in [9.17, 15) is 9.59 Å². The van der Waals surface area contributed by atoms with Crippen LogP contribution in [0.1, 0.15) is 43.0 Å². The van der Waals surface area contributed by atoms with Gasteiger partial charge in [-0.2, -0.15) is 0 Å². The Bertz CT molecular complexity index is 598. The number of likely N-dealkylation sites (tertiary alicyclic amines) is 2. The molecule has 0 aromatic heterocycles. The third-order valence-electron chi connectivity index (χ3n) is 5.23. The SMILES string of the molecule is CC1CN(C(=O)Nc2ccc(C(=O)N3CCCCCC3)cc2)CC1N. The van der Waals surface area contributed by atoms with Gasteiger partial charge in [-0.25, -0.2) is 4.79 Å². The molecule has 6 nitrogen and oxygen atoms in total. The van der Waals surface area contributed by atoms with Gasteiger partial charge in [0.2, 0.25) is 0 Å². The Hall–Kier alpha value is -2.08. The summed E-state index contributed by atoms with van der Waals surface area (Å²) in [6.45, 7) is 4.99. The third-order valence-corrected chi connectivity index (χ3v) is 5.23. The first-order chi connectivity index (χ1) is 12.0. The Kier molecular flexibility index (Phi) is 5.58. The van der Waals surface area contributed by atoms with Crippen molar-refractivity contribution in [3.8, 4) is 0 Å². The number of carbonyl (C=O) groups is 2. The molecule has 1 aromatic rings. The van der Waals surface area contributed by atoms with Crippen molar-refractivity contribution in [1.82, 2.24) is 9.80 Å². The first-order valence-electron chi connectivity index (χ1n) is 9.25. The fourth-order valence-electron chi connectivity index (χ4n) is 3.51. The Morgan fingerprint density at radius 3 is 2.20 bits per heavy atom. The first-order valence-corrected chi connectivity index (χ1v) is 9.25. The maximum absolute atomic E-state index is 12.6. The van der Waals surface area contributed by atoms with Gasteiger partial charge >= 0.3 is 6.03 Å². The van der Waals surface area contributed by atoms with Crippen LogP contribution in [0, 0.1) is 5.92 Å².